The molecule has 3 heterocycles. The van der Waals surface area contributed by atoms with Crippen molar-refractivity contribution in [2.75, 3.05) is 6.26 Å². The second-order valence-electron chi connectivity index (χ2n) is 5.60. The Morgan fingerprint density at radius 2 is 2.00 bits per heavy atom. The lowest BCUT2D eigenvalue weighted by Crippen LogP contribution is -2.52. The number of nitrogens with one attached hydrogen (secondary N) is 1. The molecule has 2 aliphatic heterocycles. The number of carbonyl (C=O) groups excluding carboxylic acids is 1. The number of furan rings is 1. The van der Waals surface area contributed by atoms with Gasteiger partial charge < -0.3 is 9.73 Å². The van der Waals surface area contributed by atoms with Crippen molar-refractivity contribution in [1.82, 2.24) is 9.62 Å². The summed E-state index contributed by atoms with van der Waals surface area (Å²) in [6.07, 6.45) is 5.84. The predicted molar refractivity (Wildman–Crippen MR) is 72.7 cm³/mol. The van der Waals surface area contributed by atoms with Crippen molar-refractivity contribution in [2.45, 2.75) is 43.8 Å². The molecule has 1 aromatic heterocycles. The van der Waals surface area contributed by atoms with Crippen LogP contribution in [-0.4, -0.2) is 43.0 Å². The van der Waals surface area contributed by atoms with Crippen LogP contribution in [0, 0.1) is 0 Å². The average Bonchev–Trinajstić information content (AvgIpc) is 2.96. The molecule has 110 valence electrons. The highest BCUT2D eigenvalue weighted by atomic mass is 32.2. The van der Waals surface area contributed by atoms with E-state index in [0.717, 1.165) is 12.8 Å². The molecule has 1 aromatic rings. The maximum absolute atomic E-state index is 11.9. The third kappa shape index (κ3) is 2.47. The van der Waals surface area contributed by atoms with Crippen molar-refractivity contribution in [3.05, 3.63) is 24.2 Å². The van der Waals surface area contributed by atoms with Gasteiger partial charge in [0.25, 0.3) is 5.91 Å². The van der Waals surface area contributed by atoms with Crippen LogP contribution in [0.3, 0.4) is 0 Å². The molecule has 2 atom stereocenters. The van der Waals surface area contributed by atoms with Crippen LogP contribution < -0.4 is 5.32 Å². The molecule has 1 amide bonds. The molecule has 20 heavy (non-hydrogen) atoms. The topological polar surface area (TPSA) is 79.6 Å². The zero-order chi connectivity index (χ0) is 14.3. The molecule has 2 aliphatic rings. The van der Waals surface area contributed by atoms with Crippen LogP contribution in [0.5, 0.6) is 0 Å². The number of amides is 1. The van der Waals surface area contributed by atoms with Gasteiger partial charge in [-0.1, -0.05) is 0 Å². The molecule has 2 unspecified atom stereocenters. The molecular weight excluding hydrogens is 280 g/mol. The van der Waals surface area contributed by atoms with Gasteiger partial charge in [-0.3, -0.25) is 4.79 Å². The zero-order valence-electron chi connectivity index (χ0n) is 11.3. The number of rotatable bonds is 3. The Labute approximate surface area is 118 Å². The molecule has 0 saturated carbocycles. The van der Waals surface area contributed by atoms with Crippen molar-refractivity contribution in [2.24, 2.45) is 0 Å². The van der Waals surface area contributed by atoms with Crippen molar-refractivity contribution < 1.29 is 17.6 Å². The number of carbonyl (C=O) groups is 1. The predicted octanol–water partition coefficient (Wildman–Crippen LogP) is 0.964. The summed E-state index contributed by atoms with van der Waals surface area (Å²) in [6, 6.07) is 3.35. The summed E-state index contributed by atoms with van der Waals surface area (Å²) < 4.78 is 30.3. The number of nitrogens with zero attached hydrogens (tertiary/aromatic N) is 1. The molecular formula is C13H18N2O4S. The van der Waals surface area contributed by atoms with Gasteiger partial charge >= 0.3 is 0 Å². The third-order valence-electron chi connectivity index (χ3n) is 4.13. The first-order chi connectivity index (χ1) is 9.45. The Balaban J connectivity index is 1.67. The highest BCUT2D eigenvalue weighted by Crippen LogP contribution is 2.37. The number of hydrogen-bond donors (Lipinski definition) is 1. The molecule has 0 radical (unpaired) electrons. The minimum Gasteiger partial charge on any atom is -0.459 e. The number of piperidine rings is 1. The van der Waals surface area contributed by atoms with Crippen molar-refractivity contribution in [3.8, 4) is 0 Å². The lowest BCUT2D eigenvalue weighted by Gasteiger charge is -2.37. The average molecular weight is 298 g/mol. The first-order valence-electron chi connectivity index (χ1n) is 6.78. The van der Waals surface area contributed by atoms with E-state index < -0.39 is 10.0 Å². The lowest BCUT2D eigenvalue weighted by atomic mass is 9.99. The minimum atomic E-state index is -3.15. The molecule has 6 nitrogen and oxygen atoms in total. The van der Waals surface area contributed by atoms with E-state index in [1.54, 1.807) is 16.4 Å². The van der Waals surface area contributed by atoms with E-state index in [0.29, 0.717) is 18.6 Å². The molecule has 7 heteroatoms. The van der Waals surface area contributed by atoms with E-state index in [1.165, 1.54) is 12.5 Å². The summed E-state index contributed by atoms with van der Waals surface area (Å²) in [5.74, 6) is 0.0649. The standard InChI is InChI=1S/C13H18N2O4S/c1-20(17,18)15-10-4-5-11(15)8-9(7-10)14-13(16)12-3-2-6-19-12/h2-3,6,9-11H,4-5,7-8H2,1H3,(H,14,16). The Bertz CT molecular complexity index is 582. The molecule has 3 rings (SSSR count). The van der Waals surface area contributed by atoms with Crippen LogP contribution in [0.15, 0.2) is 22.8 Å². The molecule has 2 fully saturated rings. The van der Waals surface area contributed by atoms with Gasteiger partial charge in [-0.15, -0.1) is 0 Å². The Morgan fingerprint density at radius 3 is 2.50 bits per heavy atom. The summed E-state index contributed by atoms with van der Waals surface area (Å²) in [6.45, 7) is 0. The summed E-state index contributed by atoms with van der Waals surface area (Å²) in [4.78, 5) is 11.9. The Morgan fingerprint density at radius 1 is 1.35 bits per heavy atom. The quantitative estimate of drug-likeness (QED) is 0.901. The smallest absolute Gasteiger partial charge is 0.287 e. The monoisotopic (exact) mass is 298 g/mol. The Hall–Kier alpha value is -1.34. The van der Waals surface area contributed by atoms with Gasteiger partial charge in [-0.25, -0.2) is 8.42 Å². The van der Waals surface area contributed by atoms with Crippen LogP contribution in [-0.2, 0) is 10.0 Å². The summed E-state index contributed by atoms with van der Waals surface area (Å²) in [5, 5.41) is 2.94. The van der Waals surface area contributed by atoms with E-state index in [4.69, 9.17) is 4.42 Å². The fourth-order valence-corrected chi connectivity index (χ4v) is 4.92. The molecule has 2 bridgehead atoms. The molecule has 0 aromatic carbocycles. The number of hydrogen-bond acceptors (Lipinski definition) is 4. The molecule has 2 saturated heterocycles. The maximum Gasteiger partial charge on any atom is 0.287 e. The van der Waals surface area contributed by atoms with Gasteiger partial charge in [-0.05, 0) is 37.8 Å². The van der Waals surface area contributed by atoms with Gasteiger partial charge in [0, 0.05) is 18.1 Å². The van der Waals surface area contributed by atoms with Gasteiger partial charge in [0.2, 0.25) is 10.0 Å². The third-order valence-corrected chi connectivity index (χ3v) is 5.49. The zero-order valence-corrected chi connectivity index (χ0v) is 12.1. The van der Waals surface area contributed by atoms with Crippen LogP contribution in [0.25, 0.3) is 0 Å². The largest absolute Gasteiger partial charge is 0.459 e. The van der Waals surface area contributed by atoms with Gasteiger partial charge in [0.15, 0.2) is 5.76 Å². The van der Waals surface area contributed by atoms with E-state index in [9.17, 15) is 13.2 Å². The summed E-state index contributed by atoms with van der Waals surface area (Å²) >= 11 is 0. The van der Waals surface area contributed by atoms with Crippen molar-refractivity contribution in [3.63, 3.8) is 0 Å². The van der Waals surface area contributed by atoms with Crippen molar-refractivity contribution in [1.29, 1.82) is 0 Å². The fraction of sp³-hybridized carbons (Fsp3) is 0.615. The first-order valence-corrected chi connectivity index (χ1v) is 8.63. The summed E-state index contributed by atoms with van der Waals surface area (Å²) in [7, 11) is -3.15. The normalized spacial score (nSPS) is 30.4. The van der Waals surface area contributed by atoms with Crippen molar-refractivity contribution >= 4 is 15.9 Å². The minimum absolute atomic E-state index is 0.0168. The van der Waals surface area contributed by atoms with Crippen LogP contribution in [0.1, 0.15) is 36.2 Å². The highest BCUT2D eigenvalue weighted by molar-refractivity contribution is 7.88. The second-order valence-corrected chi connectivity index (χ2v) is 7.48. The van der Waals surface area contributed by atoms with Gasteiger partial charge in [0.1, 0.15) is 0 Å². The van der Waals surface area contributed by atoms with Gasteiger partial charge in [-0.2, -0.15) is 4.31 Å². The second kappa shape index (κ2) is 4.89. The summed E-state index contributed by atoms with van der Waals surface area (Å²) in [5.41, 5.74) is 0. The van der Waals surface area contributed by atoms with Crippen LogP contribution in [0.4, 0.5) is 0 Å². The van der Waals surface area contributed by atoms with Crippen LogP contribution >= 0.6 is 0 Å². The van der Waals surface area contributed by atoms with E-state index >= 15 is 0 Å². The van der Waals surface area contributed by atoms with E-state index in [-0.39, 0.29) is 24.0 Å². The maximum atomic E-state index is 11.9. The fourth-order valence-electron chi connectivity index (χ4n) is 3.46. The van der Waals surface area contributed by atoms with E-state index in [2.05, 4.69) is 5.32 Å². The van der Waals surface area contributed by atoms with Gasteiger partial charge in [0.05, 0.1) is 12.5 Å². The SMILES string of the molecule is CS(=O)(=O)N1C2CCC1CC(NC(=O)c1ccco1)C2. The molecule has 0 aliphatic carbocycles. The molecule has 1 N–H and O–H groups in total. The highest BCUT2D eigenvalue weighted by Gasteiger charge is 2.45. The van der Waals surface area contributed by atoms with E-state index in [1.807, 2.05) is 0 Å². The number of fused-ring (bicyclic) bond motifs is 2. The first kappa shape index (κ1) is 13.6. The van der Waals surface area contributed by atoms with Crippen LogP contribution in [0.2, 0.25) is 0 Å². The molecule has 0 spiro atoms. The lowest BCUT2D eigenvalue weighted by molar-refractivity contribution is 0.0881. The Kier molecular flexibility index (Phi) is 3.33. The number of sulfonamides is 1.